The van der Waals surface area contributed by atoms with Gasteiger partial charge in [0.15, 0.2) is 0 Å². The van der Waals surface area contributed by atoms with Crippen molar-refractivity contribution >= 4 is 23.5 Å². The maximum atomic E-state index is 13.9. The maximum Gasteiger partial charge on any atom is 0.329 e. The number of carbonyl (C=O) groups is 2. The van der Waals surface area contributed by atoms with Crippen molar-refractivity contribution in [1.82, 2.24) is 4.90 Å². The van der Waals surface area contributed by atoms with E-state index in [2.05, 4.69) is 0 Å². The van der Waals surface area contributed by atoms with Crippen LogP contribution in [0.25, 0.3) is 0 Å². The van der Waals surface area contributed by atoms with Crippen LogP contribution in [0.1, 0.15) is 42.5 Å². The molecule has 6 heteroatoms. The highest BCUT2D eigenvalue weighted by molar-refractivity contribution is 6.30. The second kappa shape index (κ2) is 6.02. The number of likely N-dealkylation sites (N-methyl/N-ethyl adjacent to an activating group) is 1. The van der Waals surface area contributed by atoms with Gasteiger partial charge in [-0.25, -0.2) is 9.18 Å². The Morgan fingerprint density at radius 1 is 1.29 bits per heavy atom. The smallest absolute Gasteiger partial charge is 0.329 e. The van der Waals surface area contributed by atoms with Crippen molar-refractivity contribution in [3.8, 4) is 0 Å². The Bertz CT molecular complexity index is 570. The SMILES string of the molecule is CN(C(=O)c1ccc(Cl)cc1F)C1(C(=O)O)CCCCC1. The molecule has 0 spiro atoms. The Morgan fingerprint density at radius 3 is 2.43 bits per heavy atom. The molecule has 1 aromatic carbocycles. The fraction of sp³-hybridized carbons (Fsp3) is 0.467. The molecule has 0 bridgehead atoms. The quantitative estimate of drug-likeness (QED) is 0.931. The van der Waals surface area contributed by atoms with Crippen LogP contribution in [0.4, 0.5) is 4.39 Å². The topological polar surface area (TPSA) is 57.6 Å². The molecule has 2 rings (SSSR count). The van der Waals surface area contributed by atoms with Crippen LogP contribution in [0, 0.1) is 5.82 Å². The second-order valence-electron chi connectivity index (χ2n) is 5.39. The molecule has 0 aliphatic heterocycles. The fourth-order valence-electron chi connectivity index (χ4n) is 2.87. The van der Waals surface area contributed by atoms with Crippen molar-refractivity contribution in [2.24, 2.45) is 0 Å². The van der Waals surface area contributed by atoms with Crippen LogP contribution in [0.15, 0.2) is 18.2 Å². The summed E-state index contributed by atoms with van der Waals surface area (Å²) < 4.78 is 13.9. The van der Waals surface area contributed by atoms with Crippen molar-refractivity contribution in [3.05, 3.63) is 34.6 Å². The van der Waals surface area contributed by atoms with E-state index in [1.807, 2.05) is 0 Å². The highest BCUT2D eigenvalue weighted by Gasteiger charge is 2.45. The molecule has 1 aliphatic rings. The Morgan fingerprint density at radius 2 is 1.90 bits per heavy atom. The van der Waals surface area contributed by atoms with E-state index in [1.54, 1.807) is 0 Å². The fourth-order valence-corrected chi connectivity index (χ4v) is 3.03. The van der Waals surface area contributed by atoms with Gasteiger partial charge in [0.05, 0.1) is 5.56 Å². The van der Waals surface area contributed by atoms with Crippen LogP contribution in [0.5, 0.6) is 0 Å². The number of rotatable bonds is 3. The number of amides is 1. The summed E-state index contributed by atoms with van der Waals surface area (Å²) in [6, 6.07) is 3.76. The van der Waals surface area contributed by atoms with Gasteiger partial charge in [-0.2, -0.15) is 0 Å². The van der Waals surface area contributed by atoms with Crippen molar-refractivity contribution in [2.45, 2.75) is 37.6 Å². The lowest BCUT2D eigenvalue weighted by atomic mass is 9.80. The molecular formula is C15H17ClFNO3. The molecule has 1 amide bonds. The molecule has 0 radical (unpaired) electrons. The van der Waals surface area contributed by atoms with Crippen LogP contribution in [0.3, 0.4) is 0 Å². The van der Waals surface area contributed by atoms with Crippen LogP contribution >= 0.6 is 11.6 Å². The predicted molar refractivity (Wildman–Crippen MR) is 77.0 cm³/mol. The van der Waals surface area contributed by atoms with E-state index in [-0.39, 0.29) is 10.6 Å². The lowest BCUT2D eigenvalue weighted by Gasteiger charge is -2.41. The number of nitrogens with zero attached hydrogens (tertiary/aromatic N) is 1. The molecule has 1 aromatic rings. The van der Waals surface area contributed by atoms with Crippen molar-refractivity contribution in [2.75, 3.05) is 7.05 Å². The minimum Gasteiger partial charge on any atom is -0.479 e. The van der Waals surface area contributed by atoms with Gasteiger partial charge in [-0.15, -0.1) is 0 Å². The molecule has 0 aromatic heterocycles. The molecule has 1 aliphatic carbocycles. The summed E-state index contributed by atoms with van der Waals surface area (Å²) in [6.07, 6.45) is 3.21. The van der Waals surface area contributed by atoms with Gasteiger partial charge in [0.2, 0.25) is 0 Å². The Labute approximate surface area is 127 Å². The largest absolute Gasteiger partial charge is 0.479 e. The average molecular weight is 314 g/mol. The zero-order chi connectivity index (χ0) is 15.6. The normalized spacial score (nSPS) is 17.3. The monoisotopic (exact) mass is 313 g/mol. The highest BCUT2D eigenvalue weighted by Crippen LogP contribution is 2.34. The standard InChI is InChI=1S/C15H17ClFNO3/c1-18(15(14(20)21)7-3-2-4-8-15)13(19)11-6-5-10(16)9-12(11)17/h5-6,9H,2-4,7-8H2,1H3,(H,20,21). The molecule has 0 unspecified atom stereocenters. The Hall–Kier alpha value is -1.62. The van der Waals surface area contributed by atoms with Crippen LogP contribution in [-0.4, -0.2) is 34.5 Å². The van der Waals surface area contributed by atoms with Gasteiger partial charge >= 0.3 is 5.97 Å². The molecule has 4 nitrogen and oxygen atoms in total. The van der Waals surface area contributed by atoms with Gasteiger partial charge in [-0.3, -0.25) is 4.79 Å². The summed E-state index contributed by atoms with van der Waals surface area (Å²) in [4.78, 5) is 25.3. The predicted octanol–water partition coefficient (Wildman–Crippen LogP) is 3.34. The summed E-state index contributed by atoms with van der Waals surface area (Å²) in [7, 11) is 1.43. The van der Waals surface area contributed by atoms with Crippen molar-refractivity contribution in [1.29, 1.82) is 0 Å². The number of hydrogen-bond acceptors (Lipinski definition) is 2. The number of hydrogen-bond donors (Lipinski definition) is 1. The van der Waals surface area contributed by atoms with Gasteiger partial charge in [0.1, 0.15) is 11.4 Å². The number of carboxylic acids is 1. The maximum absolute atomic E-state index is 13.9. The van der Waals surface area contributed by atoms with E-state index < -0.39 is 23.2 Å². The zero-order valence-electron chi connectivity index (χ0n) is 11.7. The van der Waals surface area contributed by atoms with Gasteiger partial charge in [0, 0.05) is 12.1 Å². The number of benzene rings is 1. The summed E-state index contributed by atoms with van der Waals surface area (Å²) in [5, 5.41) is 9.75. The molecule has 0 atom stereocenters. The van der Waals surface area contributed by atoms with E-state index in [9.17, 15) is 19.1 Å². The molecule has 114 valence electrons. The average Bonchev–Trinajstić information content (AvgIpc) is 2.46. The highest BCUT2D eigenvalue weighted by atomic mass is 35.5. The van der Waals surface area contributed by atoms with Gasteiger partial charge in [-0.05, 0) is 31.0 Å². The summed E-state index contributed by atoms with van der Waals surface area (Å²) in [6.45, 7) is 0. The molecule has 1 fully saturated rings. The van der Waals surface area contributed by atoms with E-state index >= 15 is 0 Å². The third-order valence-corrected chi connectivity index (χ3v) is 4.42. The van der Waals surface area contributed by atoms with Crippen LogP contribution < -0.4 is 0 Å². The number of halogens is 2. The van der Waals surface area contributed by atoms with Crippen molar-refractivity contribution < 1.29 is 19.1 Å². The molecule has 1 N–H and O–H groups in total. The first-order chi connectivity index (χ1) is 9.88. The van der Waals surface area contributed by atoms with E-state index in [0.29, 0.717) is 12.8 Å². The minimum absolute atomic E-state index is 0.159. The summed E-state index contributed by atoms with van der Waals surface area (Å²) in [5.41, 5.74) is -1.41. The van der Waals surface area contributed by atoms with Crippen LogP contribution in [0.2, 0.25) is 5.02 Å². The first-order valence-electron chi connectivity index (χ1n) is 6.85. The lowest BCUT2D eigenvalue weighted by molar-refractivity contribution is -0.151. The number of aliphatic carboxylic acids is 1. The van der Waals surface area contributed by atoms with Gasteiger partial charge < -0.3 is 10.0 Å². The summed E-state index contributed by atoms with van der Waals surface area (Å²) in [5.74, 6) is -2.41. The third-order valence-electron chi connectivity index (χ3n) is 4.19. The van der Waals surface area contributed by atoms with Gasteiger partial charge in [-0.1, -0.05) is 30.9 Å². The second-order valence-corrected chi connectivity index (χ2v) is 5.82. The summed E-state index contributed by atoms with van der Waals surface area (Å²) >= 11 is 5.67. The van der Waals surface area contributed by atoms with Crippen molar-refractivity contribution in [3.63, 3.8) is 0 Å². The molecule has 1 saturated carbocycles. The Kier molecular flexibility index (Phi) is 4.52. The molecule has 21 heavy (non-hydrogen) atoms. The number of carboxylic acid groups (broad SMARTS) is 1. The van der Waals surface area contributed by atoms with Crippen LogP contribution in [-0.2, 0) is 4.79 Å². The minimum atomic E-state index is -1.25. The van der Waals surface area contributed by atoms with E-state index in [0.717, 1.165) is 25.3 Å². The Balaban J connectivity index is 2.34. The first-order valence-corrected chi connectivity index (χ1v) is 7.23. The number of carbonyl (C=O) groups excluding carboxylic acids is 1. The molecule has 0 saturated heterocycles. The molecule has 0 heterocycles. The zero-order valence-corrected chi connectivity index (χ0v) is 12.5. The van der Waals surface area contributed by atoms with E-state index in [1.165, 1.54) is 24.1 Å². The van der Waals surface area contributed by atoms with E-state index in [4.69, 9.17) is 11.6 Å². The molecular weight excluding hydrogens is 297 g/mol. The van der Waals surface area contributed by atoms with Gasteiger partial charge in [0.25, 0.3) is 5.91 Å². The third kappa shape index (κ3) is 2.88. The first kappa shape index (κ1) is 15.8. The lowest BCUT2D eigenvalue weighted by Crippen LogP contribution is -2.56.